The molecule has 1 amide bonds. The van der Waals surface area contributed by atoms with Gasteiger partial charge in [-0.05, 0) is 56.7 Å². The van der Waals surface area contributed by atoms with E-state index < -0.39 is 34.5 Å². The molecule has 1 unspecified atom stereocenters. The van der Waals surface area contributed by atoms with Crippen molar-refractivity contribution in [1.29, 1.82) is 5.26 Å². The maximum atomic E-state index is 13.4. The van der Waals surface area contributed by atoms with E-state index >= 15 is 0 Å². The molecule has 1 aromatic carbocycles. The first-order valence-corrected chi connectivity index (χ1v) is 11.7. The number of halogens is 3. The molecular formula is C21H25F3N4O4S. The fraction of sp³-hybridized carbons (Fsp3) is 0.619. The molecule has 4 fully saturated rings. The third kappa shape index (κ3) is 4.47. The molecule has 8 nitrogen and oxygen atoms in total. The molecule has 180 valence electrons. The summed E-state index contributed by atoms with van der Waals surface area (Å²) in [4.78, 5) is 13.3. The normalized spacial score (nSPS) is 28.6. The molecule has 1 saturated heterocycles. The smallest absolute Gasteiger partial charge is 0.379 e. The lowest BCUT2D eigenvalue weighted by Gasteiger charge is -2.50. The van der Waals surface area contributed by atoms with Gasteiger partial charge in [-0.25, -0.2) is 9.22 Å². The lowest BCUT2D eigenvalue weighted by atomic mass is 9.58. The first kappa shape index (κ1) is 23.9. The van der Waals surface area contributed by atoms with Crippen LogP contribution in [0.5, 0.6) is 0 Å². The van der Waals surface area contributed by atoms with Crippen LogP contribution >= 0.6 is 0 Å². The van der Waals surface area contributed by atoms with Crippen molar-refractivity contribution in [2.75, 3.05) is 24.6 Å². The van der Waals surface area contributed by atoms with Gasteiger partial charge in [-0.1, -0.05) is 0 Å². The van der Waals surface area contributed by atoms with Crippen LogP contribution in [0.25, 0.3) is 0 Å². The highest BCUT2D eigenvalue weighted by atomic mass is 32.2. The zero-order valence-electron chi connectivity index (χ0n) is 18.0. The van der Waals surface area contributed by atoms with Crippen molar-refractivity contribution < 1.29 is 31.5 Å². The van der Waals surface area contributed by atoms with Crippen LogP contribution in [0.2, 0.25) is 0 Å². The Bertz CT molecular complexity index is 982. The summed E-state index contributed by atoms with van der Waals surface area (Å²) in [6.07, 6.45) is -1.30. The number of carbonyl (C=O) groups excluding carboxylic acids is 1. The molecule has 33 heavy (non-hydrogen) atoms. The summed E-state index contributed by atoms with van der Waals surface area (Å²) in [5.41, 5.74) is -2.42. The molecule has 3 aliphatic carbocycles. The Morgan fingerprint density at radius 2 is 1.88 bits per heavy atom. The number of hydrogen-bond acceptors (Lipinski definition) is 5. The number of nitrogens with zero attached hydrogens (tertiary/aromatic N) is 3. The number of ether oxygens (including phenoxy) is 1. The van der Waals surface area contributed by atoms with Crippen molar-refractivity contribution in [3.05, 3.63) is 29.3 Å². The molecule has 1 atom stereocenters. The van der Waals surface area contributed by atoms with Gasteiger partial charge in [0.15, 0.2) is 0 Å². The van der Waals surface area contributed by atoms with Crippen molar-refractivity contribution in [2.24, 2.45) is 5.41 Å². The van der Waals surface area contributed by atoms with Gasteiger partial charge in [-0.3, -0.25) is 9.35 Å². The lowest BCUT2D eigenvalue weighted by Crippen LogP contribution is -2.60. The van der Waals surface area contributed by atoms with E-state index in [0.717, 1.165) is 22.6 Å². The molecule has 4 aliphatic rings. The minimum absolute atomic E-state index is 0.0923. The highest BCUT2D eigenvalue weighted by Crippen LogP contribution is 2.52. The zero-order chi connectivity index (χ0) is 24.0. The molecule has 3 saturated carbocycles. The number of carbonyl (C=O) groups is 1. The van der Waals surface area contributed by atoms with Crippen molar-refractivity contribution in [2.45, 2.75) is 56.3 Å². The zero-order valence-corrected chi connectivity index (χ0v) is 18.8. The second-order valence-corrected chi connectivity index (χ2v) is 9.90. The fourth-order valence-electron chi connectivity index (χ4n) is 4.96. The highest BCUT2D eigenvalue weighted by molar-refractivity contribution is 7.80. The molecule has 0 aromatic heterocycles. The molecule has 0 spiro atoms. The monoisotopic (exact) mass is 486 g/mol. The Kier molecular flexibility index (Phi) is 6.20. The van der Waals surface area contributed by atoms with Crippen LogP contribution in [0.4, 0.5) is 18.9 Å². The predicted octanol–water partition coefficient (Wildman–Crippen LogP) is 3.24. The molecule has 1 aliphatic heterocycles. The quantitative estimate of drug-likeness (QED) is 0.598. The number of nitriles is 1. The highest BCUT2D eigenvalue weighted by Gasteiger charge is 2.50. The summed E-state index contributed by atoms with van der Waals surface area (Å²) in [6.45, 7) is 0.510. The maximum Gasteiger partial charge on any atom is 0.416 e. The fourth-order valence-corrected chi connectivity index (χ4v) is 5.62. The van der Waals surface area contributed by atoms with Crippen molar-refractivity contribution in [3.8, 4) is 6.07 Å². The molecule has 2 bridgehead atoms. The predicted molar refractivity (Wildman–Crippen MR) is 113 cm³/mol. The second kappa shape index (κ2) is 8.54. The van der Waals surface area contributed by atoms with E-state index in [4.69, 9.17) is 4.74 Å². The first-order chi connectivity index (χ1) is 15.5. The average molecular weight is 487 g/mol. The van der Waals surface area contributed by atoms with Gasteiger partial charge in [0, 0.05) is 25.7 Å². The van der Waals surface area contributed by atoms with Gasteiger partial charge in [-0.15, -0.1) is 0 Å². The third-order valence-corrected chi connectivity index (χ3v) is 7.93. The molecule has 0 radical (unpaired) electrons. The summed E-state index contributed by atoms with van der Waals surface area (Å²) >= 11 is -2.62. The van der Waals surface area contributed by atoms with Gasteiger partial charge in [0.25, 0.3) is 17.2 Å². The van der Waals surface area contributed by atoms with Gasteiger partial charge >= 0.3 is 6.18 Å². The number of benzene rings is 1. The summed E-state index contributed by atoms with van der Waals surface area (Å²) in [7, 11) is 1.49. The lowest BCUT2D eigenvalue weighted by molar-refractivity contribution is -0.137. The summed E-state index contributed by atoms with van der Waals surface area (Å²) < 4.78 is 68.4. The Hall–Kier alpha value is -2.20. The van der Waals surface area contributed by atoms with E-state index in [-0.39, 0.29) is 35.9 Å². The number of rotatable bonds is 6. The van der Waals surface area contributed by atoms with Crippen LogP contribution in [0, 0.1) is 16.7 Å². The summed E-state index contributed by atoms with van der Waals surface area (Å²) in [5.74, 6) is -0.735. The summed E-state index contributed by atoms with van der Waals surface area (Å²) in [5, 5.41) is 13.8. The van der Waals surface area contributed by atoms with E-state index in [9.17, 15) is 32.0 Å². The van der Waals surface area contributed by atoms with Crippen molar-refractivity contribution >= 4 is 22.9 Å². The molecule has 5 rings (SSSR count). The Morgan fingerprint density at radius 1 is 1.27 bits per heavy atom. The summed E-state index contributed by atoms with van der Waals surface area (Å²) in [6, 6.07) is 4.94. The van der Waals surface area contributed by atoms with E-state index in [1.165, 1.54) is 12.1 Å². The van der Waals surface area contributed by atoms with Crippen molar-refractivity contribution in [1.82, 2.24) is 10.3 Å². The van der Waals surface area contributed by atoms with Crippen LogP contribution < -0.4 is 9.73 Å². The van der Waals surface area contributed by atoms with Crippen LogP contribution in [0.3, 0.4) is 0 Å². The van der Waals surface area contributed by atoms with E-state index in [0.29, 0.717) is 38.5 Å². The van der Waals surface area contributed by atoms with Gasteiger partial charge in [0.2, 0.25) is 0 Å². The van der Waals surface area contributed by atoms with Crippen LogP contribution in [0.15, 0.2) is 18.2 Å². The molecule has 12 heteroatoms. The van der Waals surface area contributed by atoms with Gasteiger partial charge in [0.1, 0.15) is 0 Å². The maximum absolute atomic E-state index is 13.4. The van der Waals surface area contributed by atoms with E-state index in [1.807, 2.05) is 0 Å². The number of alkyl halides is 3. The number of hydrogen-bond donors (Lipinski definition) is 2. The minimum Gasteiger partial charge on any atom is -0.379 e. The topological polar surface area (TPSA) is 106 Å². The Labute approximate surface area is 192 Å². The standard InChI is InChI=1S/C21H25F3N4O4S/c1-32-15-11-27(12-15)28(33(30)31)17-3-2-14(21(22,23)24)10-16(17)18(29)26-20-7-4-19(13-25,5-8-20)6-9-20/h2-3,10,15H,4-9,11-12H2,1H3,(H,26,29)(H,30,31). The minimum atomic E-state index is -4.69. The molecule has 1 aromatic rings. The van der Waals surface area contributed by atoms with Gasteiger partial charge in [0.05, 0.1) is 34.4 Å². The average Bonchev–Trinajstić information content (AvgIpc) is 2.75. The van der Waals surface area contributed by atoms with Crippen LogP contribution in [-0.4, -0.2) is 51.5 Å². The Morgan fingerprint density at radius 3 is 2.36 bits per heavy atom. The number of amides is 1. The number of anilines is 1. The van der Waals surface area contributed by atoms with Crippen molar-refractivity contribution in [3.63, 3.8) is 0 Å². The largest absolute Gasteiger partial charge is 0.416 e. The number of nitrogens with one attached hydrogen (secondary N) is 1. The number of fused-ring (bicyclic) bond motifs is 3. The van der Waals surface area contributed by atoms with Gasteiger partial charge < -0.3 is 10.1 Å². The third-order valence-electron chi connectivity index (χ3n) is 7.20. The van der Waals surface area contributed by atoms with Crippen LogP contribution in [-0.2, 0) is 22.2 Å². The number of methoxy groups -OCH3 is 1. The van der Waals surface area contributed by atoms with E-state index in [1.54, 1.807) is 0 Å². The molecule has 2 N–H and O–H groups in total. The molecular weight excluding hydrogens is 461 g/mol. The Balaban J connectivity index is 1.66. The SMILES string of the molecule is COC1CN(N(c2ccc(C(F)(F)F)cc2C(=O)NC23CCC(C#N)(CC2)CC3)S(=O)O)C1. The second-order valence-electron chi connectivity index (χ2n) is 9.09. The van der Waals surface area contributed by atoms with Crippen LogP contribution in [0.1, 0.15) is 54.4 Å². The van der Waals surface area contributed by atoms with Gasteiger partial charge in [-0.2, -0.15) is 22.8 Å². The molecule has 1 heterocycles. The first-order valence-electron chi connectivity index (χ1n) is 10.7. The number of hydrazine groups is 1. The van der Waals surface area contributed by atoms with E-state index in [2.05, 4.69) is 11.4 Å².